The minimum atomic E-state index is 0. The molecule has 0 saturated carbocycles. The van der Waals surface area contributed by atoms with Gasteiger partial charge in [0.2, 0.25) is 0 Å². The number of nitrogens with zero attached hydrogens (tertiary/aromatic N) is 2. The molecule has 2 aromatic rings. The van der Waals surface area contributed by atoms with E-state index in [2.05, 4.69) is 60.3 Å². The average Bonchev–Trinajstić information content (AvgIpc) is 2.89. The standard InChI is InChI=1S/C24H26N3O.C2H6.2C2H5.K/c1-6-13-25-24(27-23-12-11-22(16-28)18(3)14-23)20(5)26-15-19(4)21-9-7-17(2)8-10-21;3*1-2;/h6-15H,1-5H3,(H,25,27);1-2H3;2*1H2,2H3;/q-1;;2*-1;+1/b13-6-,19-15+,26-20?;;;;. The third-order valence-electron chi connectivity index (χ3n) is 4.25. The van der Waals surface area contributed by atoms with Crippen molar-refractivity contribution in [3.8, 4) is 0 Å². The van der Waals surface area contributed by atoms with Crippen molar-refractivity contribution in [1.29, 1.82) is 0 Å². The Balaban J connectivity index is -0.00000135. The van der Waals surface area contributed by atoms with Crippen LogP contribution in [0.2, 0.25) is 0 Å². The fourth-order valence-electron chi connectivity index (χ4n) is 2.50. The number of allylic oxidation sites excluding steroid dienone is 2. The normalized spacial score (nSPS) is 11.0. The van der Waals surface area contributed by atoms with E-state index in [0.717, 1.165) is 28.1 Å². The van der Waals surface area contributed by atoms with Crippen molar-refractivity contribution < 1.29 is 56.2 Å². The van der Waals surface area contributed by atoms with Gasteiger partial charge in [0.05, 0.1) is 12.0 Å². The van der Waals surface area contributed by atoms with Gasteiger partial charge in [-0.15, -0.1) is 11.1 Å². The van der Waals surface area contributed by atoms with Crippen LogP contribution in [-0.2, 0) is 4.79 Å². The van der Waals surface area contributed by atoms with Gasteiger partial charge in [0.15, 0.2) is 5.84 Å². The van der Waals surface area contributed by atoms with E-state index in [1.807, 2.05) is 72.2 Å². The zero-order valence-electron chi connectivity index (χ0n) is 23.5. The van der Waals surface area contributed by atoms with E-state index < -0.39 is 0 Å². The fourth-order valence-corrected chi connectivity index (χ4v) is 2.50. The molecule has 0 fully saturated rings. The van der Waals surface area contributed by atoms with E-state index in [4.69, 9.17) is 0 Å². The SMILES string of the molecule is C/C=C\N=C(Nc1ccc([C-]=O)c(C)c1)C(C)=N/C=C(\C)c1ccc(C)cc1.CC.[CH2-]C.[CH2-]C.[K+]. The molecule has 0 amide bonds. The predicted molar refractivity (Wildman–Crippen MR) is 153 cm³/mol. The summed E-state index contributed by atoms with van der Waals surface area (Å²) < 4.78 is 0. The quantitative estimate of drug-likeness (QED) is 0.252. The maximum atomic E-state index is 10.9. The summed E-state index contributed by atoms with van der Waals surface area (Å²) in [5, 5.41) is 3.29. The molecule has 186 valence electrons. The van der Waals surface area contributed by atoms with Gasteiger partial charge in [-0.2, -0.15) is 19.9 Å². The van der Waals surface area contributed by atoms with E-state index in [9.17, 15) is 4.79 Å². The number of rotatable bonds is 6. The summed E-state index contributed by atoms with van der Waals surface area (Å²) in [5.41, 5.74) is 6.45. The molecule has 0 aliphatic rings. The van der Waals surface area contributed by atoms with Crippen LogP contribution in [0.4, 0.5) is 5.69 Å². The topological polar surface area (TPSA) is 53.8 Å². The van der Waals surface area contributed by atoms with Crippen LogP contribution in [0.25, 0.3) is 5.57 Å². The summed E-state index contributed by atoms with van der Waals surface area (Å²) in [7, 11) is 0. The molecule has 0 unspecified atom stereocenters. The molecule has 1 N–H and O–H groups in total. The van der Waals surface area contributed by atoms with Gasteiger partial charge in [0.25, 0.3) is 0 Å². The summed E-state index contributed by atoms with van der Waals surface area (Å²) in [6.45, 7) is 23.8. The zero-order chi connectivity index (χ0) is 26.5. The van der Waals surface area contributed by atoms with Gasteiger partial charge in [-0.25, -0.2) is 4.99 Å². The van der Waals surface area contributed by atoms with Crippen LogP contribution in [0.3, 0.4) is 0 Å². The van der Waals surface area contributed by atoms with Gasteiger partial charge in [0.1, 0.15) is 0 Å². The number of hydrogen-bond acceptors (Lipinski definition) is 3. The largest absolute Gasteiger partial charge is 1.00 e. The second kappa shape index (κ2) is 24.1. The number of hydrogen-bond donors (Lipinski definition) is 1. The number of carbonyl (C=O) groups excluding carboxylic acids is 1. The summed E-state index contributed by atoms with van der Waals surface area (Å²) in [5.74, 6) is 0.647. The maximum absolute atomic E-state index is 10.9. The molecular formula is C30H42KN3O-2. The van der Waals surface area contributed by atoms with E-state index in [1.54, 1.807) is 26.1 Å². The molecule has 0 spiro atoms. The van der Waals surface area contributed by atoms with Crippen molar-refractivity contribution in [1.82, 2.24) is 0 Å². The second-order valence-corrected chi connectivity index (χ2v) is 6.61. The monoisotopic (exact) mass is 499 g/mol. The fraction of sp³-hybridized carbons (Fsp3) is 0.300. The molecule has 0 atom stereocenters. The van der Waals surface area contributed by atoms with Crippen LogP contribution in [0.1, 0.15) is 70.7 Å². The number of aliphatic imine (C=N–C) groups is 2. The Kier molecular flexibility index (Phi) is 26.1. The molecule has 35 heavy (non-hydrogen) atoms. The van der Waals surface area contributed by atoms with Crippen LogP contribution in [0, 0.1) is 27.7 Å². The Hall–Kier alpha value is -1.63. The Labute approximate surface area is 257 Å². The predicted octanol–water partition coefficient (Wildman–Crippen LogP) is 5.34. The van der Waals surface area contributed by atoms with Gasteiger partial charge in [-0.3, -0.25) is 4.99 Å². The van der Waals surface area contributed by atoms with E-state index in [0.29, 0.717) is 11.4 Å². The number of amidine groups is 1. The average molecular weight is 500 g/mol. The number of benzene rings is 2. The smallest absolute Gasteiger partial charge is 0.376 e. The zero-order valence-corrected chi connectivity index (χ0v) is 26.6. The van der Waals surface area contributed by atoms with Crippen molar-refractivity contribution in [2.45, 2.75) is 62.3 Å². The molecule has 0 aliphatic heterocycles. The number of nitrogens with one attached hydrogen (secondary N) is 1. The first-order valence-corrected chi connectivity index (χ1v) is 11.6. The number of aryl methyl sites for hydroxylation is 2. The Morgan fingerprint density at radius 2 is 1.51 bits per heavy atom. The van der Waals surface area contributed by atoms with Crippen LogP contribution in [0.5, 0.6) is 0 Å². The molecule has 5 heteroatoms. The summed E-state index contributed by atoms with van der Waals surface area (Å²) in [4.78, 5) is 19.9. The van der Waals surface area contributed by atoms with Crippen molar-refractivity contribution in [2.24, 2.45) is 9.98 Å². The van der Waals surface area contributed by atoms with Crippen molar-refractivity contribution in [2.75, 3.05) is 5.32 Å². The third kappa shape index (κ3) is 15.2. The van der Waals surface area contributed by atoms with Crippen LogP contribution in [0.15, 0.2) is 70.9 Å². The summed E-state index contributed by atoms with van der Waals surface area (Å²) in [6.07, 6.45) is 7.36. The molecule has 0 radical (unpaired) electrons. The van der Waals surface area contributed by atoms with Crippen molar-refractivity contribution in [3.63, 3.8) is 0 Å². The first-order valence-electron chi connectivity index (χ1n) is 11.6. The molecule has 0 bridgehead atoms. The summed E-state index contributed by atoms with van der Waals surface area (Å²) >= 11 is 0. The van der Waals surface area contributed by atoms with Gasteiger partial charge in [-0.05, 0) is 38.8 Å². The first-order chi connectivity index (χ1) is 16.4. The first kappa shape index (κ1) is 37.9. The molecule has 0 saturated heterocycles. The molecular weight excluding hydrogens is 457 g/mol. The Bertz CT molecular complexity index is 956. The van der Waals surface area contributed by atoms with Gasteiger partial charge < -0.3 is 24.0 Å². The van der Waals surface area contributed by atoms with Crippen molar-refractivity contribution >= 4 is 29.1 Å². The van der Waals surface area contributed by atoms with Crippen molar-refractivity contribution in [3.05, 3.63) is 97.0 Å². The molecule has 2 aromatic carbocycles. The van der Waals surface area contributed by atoms with Crippen LogP contribution >= 0.6 is 0 Å². The van der Waals surface area contributed by atoms with Gasteiger partial charge in [0, 0.05) is 18.1 Å². The molecule has 0 heterocycles. The molecule has 0 aromatic heterocycles. The van der Waals surface area contributed by atoms with Gasteiger partial charge in [-0.1, -0.05) is 68.8 Å². The molecule has 0 aliphatic carbocycles. The Morgan fingerprint density at radius 3 is 2.00 bits per heavy atom. The van der Waals surface area contributed by atoms with Crippen LogP contribution in [-0.4, -0.2) is 17.8 Å². The van der Waals surface area contributed by atoms with Crippen LogP contribution < -0.4 is 56.7 Å². The van der Waals surface area contributed by atoms with E-state index >= 15 is 0 Å². The summed E-state index contributed by atoms with van der Waals surface area (Å²) in [6, 6.07) is 13.8. The maximum Gasteiger partial charge on any atom is 1.00 e. The van der Waals surface area contributed by atoms with Gasteiger partial charge >= 0.3 is 51.4 Å². The van der Waals surface area contributed by atoms with E-state index in [1.165, 1.54) is 5.56 Å². The van der Waals surface area contributed by atoms with E-state index in [-0.39, 0.29) is 51.4 Å². The molecule has 4 nitrogen and oxygen atoms in total. The minimum absolute atomic E-state index is 0. The Morgan fingerprint density at radius 1 is 0.943 bits per heavy atom. The minimum Gasteiger partial charge on any atom is -0.376 e. The third-order valence-corrected chi connectivity index (χ3v) is 4.25. The second-order valence-electron chi connectivity index (χ2n) is 6.61. The molecule has 2 rings (SSSR count). The number of anilines is 1.